The standard InChI is InChI=1S/C13H13Cl2N3O2S/c1-9-8-10(18(19)20)2-3-11(9)16-13-17(6-7-21-13)5-4-12(14)15/h2-4,8H,5-7H2,1H3. The van der Waals surface area contributed by atoms with Gasteiger partial charge in [-0.1, -0.05) is 35.0 Å². The average molecular weight is 346 g/mol. The van der Waals surface area contributed by atoms with E-state index < -0.39 is 4.92 Å². The van der Waals surface area contributed by atoms with E-state index in [2.05, 4.69) is 9.89 Å². The van der Waals surface area contributed by atoms with Crippen molar-refractivity contribution in [2.75, 3.05) is 18.8 Å². The summed E-state index contributed by atoms with van der Waals surface area (Å²) in [5.41, 5.74) is 1.58. The van der Waals surface area contributed by atoms with Crippen molar-refractivity contribution in [1.82, 2.24) is 4.90 Å². The number of benzene rings is 1. The molecule has 0 aromatic heterocycles. The highest BCUT2D eigenvalue weighted by molar-refractivity contribution is 8.14. The van der Waals surface area contributed by atoms with E-state index >= 15 is 0 Å². The largest absolute Gasteiger partial charge is 0.347 e. The second-order valence-electron chi connectivity index (χ2n) is 4.41. The first-order valence-electron chi connectivity index (χ1n) is 6.20. The Morgan fingerprint density at radius 2 is 2.33 bits per heavy atom. The number of thioether (sulfide) groups is 1. The summed E-state index contributed by atoms with van der Waals surface area (Å²) in [5.74, 6) is 0.943. The lowest BCUT2D eigenvalue weighted by Crippen LogP contribution is -2.24. The number of aryl methyl sites for hydroxylation is 1. The van der Waals surface area contributed by atoms with Gasteiger partial charge in [-0.05, 0) is 24.6 Å². The van der Waals surface area contributed by atoms with Gasteiger partial charge in [0.2, 0.25) is 0 Å². The summed E-state index contributed by atoms with van der Waals surface area (Å²) in [6.07, 6.45) is 1.72. The predicted octanol–water partition coefficient (Wildman–Crippen LogP) is 4.26. The van der Waals surface area contributed by atoms with Crippen molar-refractivity contribution in [3.8, 4) is 0 Å². The molecule has 0 bridgehead atoms. The maximum absolute atomic E-state index is 10.7. The highest BCUT2D eigenvalue weighted by Crippen LogP contribution is 2.27. The summed E-state index contributed by atoms with van der Waals surface area (Å²) in [6, 6.07) is 4.66. The number of halogens is 2. The lowest BCUT2D eigenvalue weighted by molar-refractivity contribution is -0.384. The Hall–Kier alpha value is -1.24. The van der Waals surface area contributed by atoms with Crippen molar-refractivity contribution >= 4 is 51.5 Å². The van der Waals surface area contributed by atoms with Crippen LogP contribution in [0.2, 0.25) is 0 Å². The lowest BCUT2D eigenvalue weighted by atomic mass is 10.2. The highest BCUT2D eigenvalue weighted by atomic mass is 35.5. The molecule has 1 aliphatic heterocycles. The summed E-state index contributed by atoms with van der Waals surface area (Å²) < 4.78 is 0.234. The van der Waals surface area contributed by atoms with Crippen LogP contribution in [0, 0.1) is 17.0 Å². The van der Waals surface area contributed by atoms with Crippen molar-refractivity contribution in [2.45, 2.75) is 6.92 Å². The zero-order chi connectivity index (χ0) is 15.4. The van der Waals surface area contributed by atoms with E-state index in [4.69, 9.17) is 23.2 Å². The Morgan fingerprint density at radius 3 is 2.95 bits per heavy atom. The van der Waals surface area contributed by atoms with E-state index in [1.165, 1.54) is 12.1 Å². The minimum atomic E-state index is -0.409. The first-order valence-corrected chi connectivity index (χ1v) is 7.94. The number of nitro benzene ring substituents is 1. The molecule has 21 heavy (non-hydrogen) atoms. The summed E-state index contributed by atoms with van der Waals surface area (Å²) in [4.78, 5) is 17.0. The number of rotatable bonds is 4. The van der Waals surface area contributed by atoms with E-state index in [9.17, 15) is 10.1 Å². The van der Waals surface area contributed by atoms with E-state index in [1.807, 2.05) is 6.92 Å². The SMILES string of the molecule is Cc1cc([N+](=O)[O-])ccc1N=C1SCCN1CC=C(Cl)Cl. The lowest BCUT2D eigenvalue weighted by Gasteiger charge is -2.15. The van der Waals surface area contributed by atoms with Crippen molar-refractivity contribution in [3.63, 3.8) is 0 Å². The Bertz CT molecular complexity index is 615. The Labute approximate surface area is 136 Å². The predicted molar refractivity (Wildman–Crippen MR) is 88.7 cm³/mol. The average Bonchev–Trinajstić information content (AvgIpc) is 2.85. The number of nitro groups is 1. The second-order valence-corrected chi connectivity index (χ2v) is 6.48. The molecule has 0 radical (unpaired) electrons. The summed E-state index contributed by atoms with van der Waals surface area (Å²) in [5, 5.41) is 11.6. The molecule has 0 aliphatic carbocycles. The third kappa shape index (κ3) is 4.36. The molecule has 0 atom stereocenters. The van der Waals surface area contributed by atoms with Crippen molar-refractivity contribution in [3.05, 3.63) is 44.4 Å². The fourth-order valence-corrected chi connectivity index (χ4v) is 3.01. The molecule has 5 nitrogen and oxygen atoms in total. The Balaban J connectivity index is 2.22. The van der Waals surface area contributed by atoms with Crippen LogP contribution < -0.4 is 0 Å². The van der Waals surface area contributed by atoms with E-state index in [-0.39, 0.29) is 10.2 Å². The summed E-state index contributed by atoms with van der Waals surface area (Å²) >= 11 is 12.9. The van der Waals surface area contributed by atoms with Gasteiger partial charge in [-0.25, -0.2) is 4.99 Å². The van der Waals surface area contributed by atoms with Gasteiger partial charge in [0.15, 0.2) is 5.17 Å². The fourth-order valence-electron chi connectivity index (χ4n) is 1.87. The van der Waals surface area contributed by atoms with Crippen LogP contribution in [0.25, 0.3) is 0 Å². The normalized spacial score (nSPS) is 16.3. The number of amidine groups is 1. The van der Waals surface area contributed by atoms with Gasteiger partial charge in [0, 0.05) is 31.0 Å². The summed E-state index contributed by atoms with van der Waals surface area (Å²) in [6.45, 7) is 3.28. The van der Waals surface area contributed by atoms with Crippen LogP contribution in [0.3, 0.4) is 0 Å². The van der Waals surface area contributed by atoms with Gasteiger partial charge in [-0.2, -0.15) is 0 Å². The molecular formula is C13H13Cl2N3O2S. The zero-order valence-corrected chi connectivity index (χ0v) is 13.6. The van der Waals surface area contributed by atoms with Crippen LogP contribution in [-0.4, -0.2) is 33.8 Å². The van der Waals surface area contributed by atoms with E-state index in [0.717, 1.165) is 28.7 Å². The van der Waals surface area contributed by atoms with Crippen LogP contribution in [0.4, 0.5) is 11.4 Å². The Kier molecular flexibility index (Phi) is 5.50. The van der Waals surface area contributed by atoms with Gasteiger partial charge in [0.25, 0.3) is 5.69 Å². The molecule has 1 aromatic rings. The van der Waals surface area contributed by atoms with Crippen LogP contribution in [0.1, 0.15) is 5.56 Å². The zero-order valence-electron chi connectivity index (χ0n) is 11.3. The third-order valence-electron chi connectivity index (χ3n) is 2.94. The summed E-state index contributed by atoms with van der Waals surface area (Å²) in [7, 11) is 0. The van der Waals surface area contributed by atoms with Gasteiger partial charge in [-0.15, -0.1) is 0 Å². The maximum Gasteiger partial charge on any atom is 0.269 e. The maximum atomic E-state index is 10.7. The van der Waals surface area contributed by atoms with Gasteiger partial charge >= 0.3 is 0 Å². The molecule has 1 aliphatic rings. The molecule has 112 valence electrons. The van der Waals surface area contributed by atoms with Crippen LogP contribution in [0.5, 0.6) is 0 Å². The van der Waals surface area contributed by atoms with E-state index in [0.29, 0.717) is 6.54 Å². The molecule has 0 N–H and O–H groups in total. The first kappa shape index (κ1) is 16.1. The molecule has 1 fully saturated rings. The number of hydrogen-bond acceptors (Lipinski definition) is 4. The van der Waals surface area contributed by atoms with Crippen molar-refractivity contribution in [1.29, 1.82) is 0 Å². The van der Waals surface area contributed by atoms with Crippen LogP contribution >= 0.6 is 35.0 Å². The van der Waals surface area contributed by atoms with Gasteiger partial charge in [0.05, 0.1) is 10.6 Å². The number of aliphatic imine (C=N–C) groups is 1. The molecule has 0 amide bonds. The molecule has 8 heteroatoms. The van der Waals surface area contributed by atoms with Crippen LogP contribution in [-0.2, 0) is 0 Å². The first-order chi connectivity index (χ1) is 9.97. The molecule has 2 rings (SSSR count). The van der Waals surface area contributed by atoms with Gasteiger partial charge in [-0.3, -0.25) is 10.1 Å². The molecule has 0 saturated carbocycles. The van der Waals surface area contributed by atoms with Gasteiger partial charge < -0.3 is 4.90 Å². The van der Waals surface area contributed by atoms with Crippen molar-refractivity contribution in [2.24, 2.45) is 4.99 Å². The molecule has 1 saturated heterocycles. The molecule has 0 spiro atoms. The molecular weight excluding hydrogens is 333 g/mol. The smallest absolute Gasteiger partial charge is 0.269 e. The van der Waals surface area contributed by atoms with Gasteiger partial charge in [0.1, 0.15) is 4.49 Å². The third-order valence-corrected chi connectivity index (χ3v) is 4.24. The quantitative estimate of drug-likeness (QED) is 0.604. The number of nitrogens with zero attached hydrogens (tertiary/aromatic N) is 3. The van der Waals surface area contributed by atoms with Crippen molar-refractivity contribution < 1.29 is 4.92 Å². The minimum Gasteiger partial charge on any atom is -0.347 e. The monoisotopic (exact) mass is 345 g/mol. The number of hydrogen-bond donors (Lipinski definition) is 0. The topological polar surface area (TPSA) is 58.7 Å². The highest BCUT2D eigenvalue weighted by Gasteiger charge is 2.19. The van der Waals surface area contributed by atoms with E-state index in [1.54, 1.807) is 23.9 Å². The second kappa shape index (κ2) is 7.15. The molecule has 1 aromatic carbocycles. The molecule has 1 heterocycles. The molecule has 0 unspecified atom stereocenters. The Morgan fingerprint density at radius 1 is 1.57 bits per heavy atom. The minimum absolute atomic E-state index is 0.0734. The fraction of sp³-hybridized carbons (Fsp3) is 0.308. The van der Waals surface area contributed by atoms with Crippen LogP contribution in [0.15, 0.2) is 33.8 Å². The number of non-ortho nitro benzene ring substituents is 1.